The predicted octanol–water partition coefficient (Wildman–Crippen LogP) is 4.86. The average Bonchev–Trinajstić information content (AvgIpc) is 2.46. The molecular formula is C17H22O. The Hall–Kier alpha value is -1.50. The van der Waals surface area contributed by atoms with Gasteiger partial charge in [-0.05, 0) is 48.4 Å². The van der Waals surface area contributed by atoms with Crippen molar-refractivity contribution in [1.82, 2.24) is 0 Å². The lowest BCUT2D eigenvalue weighted by Gasteiger charge is -2.12. The van der Waals surface area contributed by atoms with Gasteiger partial charge in [0.2, 0.25) is 0 Å². The van der Waals surface area contributed by atoms with E-state index in [1.807, 2.05) is 0 Å². The van der Waals surface area contributed by atoms with E-state index in [9.17, 15) is 0 Å². The van der Waals surface area contributed by atoms with Crippen LogP contribution < -0.4 is 4.74 Å². The van der Waals surface area contributed by atoms with Gasteiger partial charge < -0.3 is 4.74 Å². The Morgan fingerprint density at radius 3 is 2.56 bits per heavy atom. The van der Waals surface area contributed by atoms with Gasteiger partial charge in [-0.15, -0.1) is 0 Å². The van der Waals surface area contributed by atoms with E-state index in [0.29, 0.717) is 12.5 Å². The molecule has 0 saturated heterocycles. The van der Waals surface area contributed by atoms with E-state index >= 15 is 0 Å². The van der Waals surface area contributed by atoms with Gasteiger partial charge in [0, 0.05) is 0 Å². The first-order chi connectivity index (χ1) is 8.79. The highest BCUT2D eigenvalue weighted by Crippen LogP contribution is 2.22. The summed E-state index contributed by atoms with van der Waals surface area (Å²) in [6.07, 6.45) is 10.1. The number of rotatable bonds is 5. The van der Waals surface area contributed by atoms with Crippen molar-refractivity contribution in [2.24, 2.45) is 0 Å². The van der Waals surface area contributed by atoms with E-state index in [2.05, 4.69) is 56.3 Å². The van der Waals surface area contributed by atoms with Crippen LogP contribution in [0.4, 0.5) is 0 Å². The second-order valence-corrected chi connectivity index (χ2v) is 4.93. The Morgan fingerprint density at radius 2 is 1.94 bits per heavy atom. The maximum Gasteiger partial charge on any atom is 0.119 e. The summed E-state index contributed by atoms with van der Waals surface area (Å²) < 4.78 is 5.79. The third-order valence-corrected chi connectivity index (χ3v) is 3.54. The molecule has 0 N–H and O–H groups in total. The number of hydrogen-bond acceptors (Lipinski definition) is 1. The van der Waals surface area contributed by atoms with E-state index in [-0.39, 0.29) is 0 Å². The highest BCUT2D eigenvalue weighted by Gasteiger charge is 2.03. The summed E-state index contributed by atoms with van der Waals surface area (Å²) in [7, 11) is 0. The average molecular weight is 242 g/mol. The van der Waals surface area contributed by atoms with E-state index in [0.717, 1.165) is 18.6 Å². The zero-order valence-electron chi connectivity index (χ0n) is 11.4. The lowest BCUT2D eigenvalue weighted by molar-refractivity contribution is 0.354. The Morgan fingerprint density at radius 1 is 1.17 bits per heavy atom. The van der Waals surface area contributed by atoms with E-state index in [4.69, 9.17) is 4.74 Å². The molecular weight excluding hydrogens is 220 g/mol. The molecule has 1 atom stereocenters. The van der Waals surface area contributed by atoms with Crippen molar-refractivity contribution in [3.05, 3.63) is 53.6 Å². The minimum absolute atomic E-state index is 0.628. The fourth-order valence-corrected chi connectivity index (χ4v) is 2.07. The van der Waals surface area contributed by atoms with E-state index in [1.165, 1.54) is 17.6 Å². The molecule has 1 heteroatoms. The summed E-state index contributed by atoms with van der Waals surface area (Å²) in [5.41, 5.74) is 2.67. The van der Waals surface area contributed by atoms with Crippen molar-refractivity contribution in [1.29, 1.82) is 0 Å². The molecule has 18 heavy (non-hydrogen) atoms. The lowest BCUT2D eigenvalue weighted by atomic mass is 9.99. The predicted molar refractivity (Wildman–Crippen MR) is 77.1 cm³/mol. The van der Waals surface area contributed by atoms with E-state index < -0.39 is 0 Å². The molecule has 0 spiro atoms. The molecule has 0 fully saturated rings. The summed E-state index contributed by atoms with van der Waals surface area (Å²) in [6.45, 7) is 5.16. The molecule has 0 bridgehead atoms. The van der Waals surface area contributed by atoms with Gasteiger partial charge in [0.1, 0.15) is 12.4 Å². The van der Waals surface area contributed by atoms with Crippen LogP contribution in [0.3, 0.4) is 0 Å². The van der Waals surface area contributed by atoms with Crippen molar-refractivity contribution in [3.63, 3.8) is 0 Å². The second kappa shape index (κ2) is 6.44. The van der Waals surface area contributed by atoms with Gasteiger partial charge in [0.05, 0.1) is 0 Å². The molecule has 0 radical (unpaired) electrons. The van der Waals surface area contributed by atoms with Gasteiger partial charge in [0.25, 0.3) is 0 Å². The van der Waals surface area contributed by atoms with Crippen LogP contribution in [0.5, 0.6) is 5.75 Å². The Kier molecular flexibility index (Phi) is 4.63. The van der Waals surface area contributed by atoms with Crippen molar-refractivity contribution < 1.29 is 4.74 Å². The Labute approximate surface area is 110 Å². The highest BCUT2D eigenvalue weighted by molar-refractivity contribution is 5.30. The molecule has 1 aromatic carbocycles. The van der Waals surface area contributed by atoms with Crippen molar-refractivity contribution >= 4 is 0 Å². The van der Waals surface area contributed by atoms with Gasteiger partial charge in [-0.2, -0.15) is 0 Å². The summed E-state index contributed by atoms with van der Waals surface area (Å²) in [5.74, 6) is 1.59. The van der Waals surface area contributed by atoms with Crippen molar-refractivity contribution in [2.45, 2.75) is 39.0 Å². The van der Waals surface area contributed by atoms with Gasteiger partial charge in [-0.25, -0.2) is 0 Å². The second-order valence-electron chi connectivity index (χ2n) is 4.93. The van der Waals surface area contributed by atoms with Gasteiger partial charge in [-0.1, -0.05) is 44.2 Å². The number of benzene rings is 1. The molecule has 0 aliphatic heterocycles. The summed E-state index contributed by atoms with van der Waals surface area (Å²) in [5, 5.41) is 0. The van der Waals surface area contributed by atoms with Crippen LogP contribution in [0.2, 0.25) is 0 Å². The van der Waals surface area contributed by atoms with Crippen LogP contribution in [0, 0.1) is 0 Å². The smallest absolute Gasteiger partial charge is 0.119 e. The fraction of sp³-hybridized carbons (Fsp3) is 0.412. The minimum Gasteiger partial charge on any atom is -0.489 e. The summed E-state index contributed by atoms with van der Waals surface area (Å²) in [4.78, 5) is 0. The van der Waals surface area contributed by atoms with E-state index in [1.54, 1.807) is 0 Å². The Balaban J connectivity index is 1.90. The maximum atomic E-state index is 5.79. The quantitative estimate of drug-likeness (QED) is 0.716. The molecule has 1 nitrogen and oxygen atoms in total. The molecule has 96 valence electrons. The number of hydrogen-bond donors (Lipinski definition) is 0. The standard InChI is InChI=1S/C17H22O/c1-3-14(2)16-9-11-17(12-10-16)18-13-15-7-5-4-6-8-15/h5,7-12,14H,3-4,6,13H2,1-2H3. The highest BCUT2D eigenvalue weighted by atomic mass is 16.5. The van der Waals surface area contributed by atoms with Crippen LogP contribution in [-0.4, -0.2) is 6.61 Å². The monoisotopic (exact) mass is 242 g/mol. The molecule has 2 rings (SSSR count). The zero-order chi connectivity index (χ0) is 12.8. The maximum absolute atomic E-state index is 5.79. The lowest BCUT2D eigenvalue weighted by Crippen LogP contribution is -2.01. The first-order valence-corrected chi connectivity index (χ1v) is 6.88. The van der Waals surface area contributed by atoms with Gasteiger partial charge in [-0.3, -0.25) is 0 Å². The molecule has 1 aliphatic carbocycles. The summed E-state index contributed by atoms with van der Waals surface area (Å²) in [6, 6.07) is 8.51. The minimum atomic E-state index is 0.628. The molecule has 1 unspecified atom stereocenters. The zero-order valence-corrected chi connectivity index (χ0v) is 11.4. The SMILES string of the molecule is CCC(C)c1ccc(OCC2=CCCC=C2)cc1. The van der Waals surface area contributed by atoms with Gasteiger partial charge in [0.15, 0.2) is 0 Å². The Bertz CT molecular complexity index is 425. The van der Waals surface area contributed by atoms with Crippen LogP contribution in [0.25, 0.3) is 0 Å². The fourth-order valence-electron chi connectivity index (χ4n) is 2.07. The molecule has 0 aromatic heterocycles. The molecule has 1 aliphatic rings. The van der Waals surface area contributed by atoms with Crippen molar-refractivity contribution in [2.75, 3.05) is 6.61 Å². The number of ether oxygens (including phenoxy) is 1. The largest absolute Gasteiger partial charge is 0.489 e. The van der Waals surface area contributed by atoms with Crippen LogP contribution in [0.15, 0.2) is 48.1 Å². The topological polar surface area (TPSA) is 9.23 Å². The third kappa shape index (κ3) is 3.49. The first-order valence-electron chi connectivity index (χ1n) is 6.88. The normalized spacial score (nSPS) is 16.2. The summed E-state index contributed by atoms with van der Waals surface area (Å²) >= 11 is 0. The van der Waals surface area contributed by atoms with Gasteiger partial charge >= 0.3 is 0 Å². The van der Waals surface area contributed by atoms with Crippen LogP contribution in [-0.2, 0) is 0 Å². The molecule has 1 aromatic rings. The van der Waals surface area contributed by atoms with Crippen LogP contribution in [0.1, 0.15) is 44.6 Å². The molecule has 0 amide bonds. The molecule has 0 heterocycles. The van der Waals surface area contributed by atoms with Crippen molar-refractivity contribution in [3.8, 4) is 5.75 Å². The first kappa shape index (κ1) is 12.9. The third-order valence-electron chi connectivity index (χ3n) is 3.54. The van der Waals surface area contributed by atoms with Crippen LogP contribution >= 0.6 is 0 Å². The number of allylic oxidation sites excluding steroid dienone is 2. The molecule has 0 saturated carbocycles.